The minimum atomic E-state index is -0.712. The second-order valence-electron chi connectivity index (χ2n) is 5.66. The second kappa shape index (κ2) is 14.8. The molecule has 1 amide bonds. The highest BCUT2D eigenvalue weighted by molar-refractivity contribution is 5.85. The summed E-state index contributed by atoms with van der Waals surface area (Å²) < 4.78 is 10.7. The Morgan fingerprint density at radius 2 is 2.04 bits per heavy atom. The molecule has 0 spiro atoms. The fourth-order valence-corrected chi connectivity index (χ4v) is 2.04. The molecule has 0 aliphatic carbocycles. The Bertz CT molecular complexity index is 474. The fourth-order valence-electron chi connectivity index (χ4n) is 2.04. The van der Waals surface area contributed by atoms with Gasteiger partial charge in [0.25, 0.3) is 0 Å². The van der Waals surface area contributed by atoms with Crippen molar-refractivity contribution >= 4 is 24.2 Å². The normalized spacial score (nSPS) is 11.3. The first-order chi connectivity index (χ1) is 11.7. The highest BCUT2D eigenvalue weighted by Gasteiger charge is 2.09. The smallest absolute Gasteiger partial charge is 0.411 e. The molecule has 1 aromatic rings. The van der Waals surface area contributed by atoms with E-state index in [2.05, 4.69) is 17.6 Å². The van der Waals surface area contributed by atoms with E-state index in [1.54, 1.807) is 12.1 Å². The number of halogens is 1. The topological polar surface area (TPSA) is 79.8 Å². The summed E-state index contributed by atoms with van der Waals surface area (Å²) in [5.41, 5.74) is 0.603. The standard InChI is InChI=1S/C18H30N2O4.ClH/c1-3-5-6-11-23-17-9-7-8-15(12-17)20-18(22)24-14-16(21)13-19-10-4-2;/h7-9,12,16,19,21H,3-6,10-11,13-14H2,1-2H3,(H,20,22);1H. The van der Waals surface area contributed by atoms with Gasteiger partial charge in [0.05, 0.1) is 6.61 Å². The van der Waals surface area contributed by atoms with E-state index in [0.29, 0.717) is 24.6 Å². The number of ether oxygens (including phenoxy) is 2. The molecule has 0 saturated carbocycles. The quantitative estimate of drug-likeness (QED) is 0.487. The zero-order valence-electron chi connectivity index (χ0n) is 15.1. The molecule has 0 aliphatic heterocycles. The highest BCUT2D eigenvalue weighted by Crippen LogP contribution is 2.18. The maximum Gasteiger partial charge on any atom is 0.411 e. The molecule has 3 N–H and O–H groups in total. The lowest BCUT2D eigenvalue weighted by Gasteiger charge is -2.13. The average Bonchev–Trinajstić information content (AvgIpc) is 2.57. The largest absolute Gasteiger partial charge is 0.494 e. The number of aliphatic hydroxyl groups is 1. The molecule has 0 fully saturated rings. The van der Waals surface area contributed by atoms with E-state index >= 15 is 0 Å². The van der Waals surface area contributed by atoms with E-state index in [4.69, 9.17) is 9.47 Å². The Labute approximate surface area is 156 Å². The molecule has 0 radical (unpaired) electrons. The number of rotatable bonds is 12. The van der Waals surface area contributed by atoms with Crippen LogP contribution in [0.3, 0.4) is 0 Å². The summed E-state index contributed by atoms with van der Waals surface area (Å²) in [5, 5.41) is 15.4. The fraction of sp³-hybridized carbons (Fsp3) is 0.611. The van der Waals surface area contributed by atoms with Gasteiger partial charge in [-0.15, -0.1) is 12.4 Å². The molecular formula is C18H31ClN2O4. The number of carbonyl (C=O) groups excluding carboxylic acids is 1. The third-order valence-electron chi connectivity index (χ3n) is 3.31. The maximum atomic E-state index is 11.8. The summed E-state index contributed by atoms with van der Waals surface area (Å²) >= 11 is 0. The summed E-state index contributed by atoms with van der Waals surface area (Å²) in [6.07, 6.45) is 2.99. The molecule has 0 aromatic heterocycles. The Kier molecular flexibility index (Phi) is 13.9. The van der Waals surface area contributed by atoms with Gasteiger partial charge in [-0.1, -0.05) is 32.8 Å². The van der Waals surface area contributed by atoms with Crippen LogP contribution in [0.15, 0.2) is 24.3 Å². The molecule has 0 bridgehead atoms. The first kappa shape index (κ1) is 23.5. The molecule has 1 rings (SSSR count). The molecule has 25 heavy (non-hydrogen) atoms. The maximum absolute atomic E-state index is 11.8. The van der Waals surface area contributed by atoms with Crippen LogP contribution >= 0.6 is 12.4 Å². The van der Waals surface area contributed by atoms with Crippen LogP contribution in [0, 0.1) is 0 Å². The zero-order chi connectivity index (χ0) is 17.6. The van der Waals surface area contributed by atoms with Crippen LogP contribution in [-0.2, 0) is 4.74 Å². The summed E-state index contributed by atoms with van der Waals surface area (Å²) in [4.78, 5) is 11.8. The molecule has 1 unspecified atom stereocenters. The van der Waals surface area contributed by atoms with Crippen molar-refractivity contribution in [1.82, 2.24) is 5.32 Å². The number of hydrogen-bond acceptors (Lipinski definition) is 5. The summed E-state index contributed by atoms with van der Waals surface area (Å²) in [6.45, 7) is 6.04. The predicted octanol–water partition coefficient (Wildman–Crippen LogP) is 3.59. The van der Waals surface area contributed by atoms with Gasteiger partial charge < -0.3 is 19.9 Å². The van der Waals surface area contributed by atoms with Crippen LogP contribution in [0.25, 0.3) is 0 Å². The van der Waals surface area contributed by atoms with Crippen molar-refractivity contribution in [1.29, 1.82) is 0 Å². The van der Waals surface area contributed by atoms with Crippen molar-refractivity contribution in [2.45, 2.75) is 45.6 Å². The summed E-state index contributed by atoms with van der Waals surface area (Å²) in [5.74, 6) is 0.715. The number of benzene rings is 1. The van der Waals surface area contributed by atoms with E-state index in [1.807, 2.05) is 19.1 Å². The number of nitrogens with one attached hydrogen (secondary N) is 2. The Hall–Kier alpha value is -1.50. The van der Waals surface area contributed by atoms with E-state index in [1.165, 1.54) is 0 Å². The Balaban J connectivity index is 0.00000576. The third-order valence-corrected chi connectivity index (χ3v) is 3.31. The van der Waals surface area contributed by atoms with Gasteiger partial charge in [-0.2, -0.15) is 0 Å². The molecule has 0 saturated heterocycles. The molecule has 1 aromatic carbocycles. The number of amides is 1. The number of carbonyl (C=O) groups is 1. The van der Waals surface area contributed by atoms with Crippen LogP contribution in [0.4, 0.5) is 10.5 Å². The Morgan fingerprint density at radius 1 is 1.24 bits per heavy atom. The number of hydrogen-bond donors (Lipinski definition) is 3. The lowest BCUT2D eigenvalue weighted by Crippen LogP contribution is -2.32. The van der Waals surface area contributed by atoms with Crippen LogP contribution in [0.5, 0.6) is 5.75 Å². The highest BCUT2D eigenvalue weighted by atomic mass is 35.5. The van der Waals surface area contributed by atoms with Crippen molar-refractivity contribution < 1.29 is 19.4 Å². The van der Waals surface area contributed by atoms with E-state index < -0.39 is 12.2 Å². The third kappa shape index (κ3) is 11.6. The van der Waals surface area contributed by atoms with E-state index in [-0.39, 0.29) is 19.0 Å². The van der Waals surface area contributed by atoms with Gasteiger partial charge in [0.2, 0.25) is 0 Å². The summed E-state index contributed by atoms with van der Waals surface area (Å²) in [6, 6.07) is 7.19. The second-order valence-corrected chi connectivity index (χ2v) is 5.66. The Morgan fingerprint density at radius 3 is 2.76 bits per heavy atom. The van der Waals surface area contributed by atoms with Gasteiger partial charge in [-0.25, -0.2) is 4.79 Å². The van der Waals surface area contributed by atoms with E-state index in [9.17, 15) is 9.90 Å². The molecule has 1 atom stereocenters. The van der Waals surface area contributed by atoms with Crippen LogP contribution in [0.2, 0.25) is 0 Å². The molecular weight excluding hydrogens is 344 g/mol. The number of unbranched alkanes of at least 4 members (excludes halogenated alkanes) is 2. The van der Waals surface area contributed by atoms with Gasteiger partial charge in [-0.3, -0.25) is 5.32 Å². The average molecular weight is 375 g/mol. The monoisotopic (exact) mass is 374 g/mol. The number of anilines is 1. The summed E-state index contributed by atoms with van der Waals surface area (Å²) in [7, 11) is 0. The zero-order valence-corrected chi connectivity index (χ0v) is 15.9. The van der Waals surface area contributed by atoms with Crippen LogP contribution in [0.1, 0.15) is 39.5 Å². The van der Waals surface area contributed by atoms with Crippen molar-refractivity contribution in [2.24, 2.45) is 0 Å². The van der Waals surface area contributed by atoms with Gasteiger partial charge in [0, 0.05) is 18.3 Å². The molecule has 6 nitrogen and oxygen atoms in total. The van der Waals surface area contributed by atoms with Crippen molar-refractivity contribution in [2.75, 3.05) is 31.6 Å². The van der Waals surface area contributed by atoms with Gasteiger partial charge in [-0.05, 0) is 31.5 Å². The van der Waals surface area contributed by atoms with Crippen molar-refractivity contribution in [3.8, 4) is 5.75 Å². The first-order valence-electron chi connectivity index (χ1n) is 8.71. The van der Waals surface area contributed by atoms with Gasteiger partial charge in [0.15, 0.2) is 0 Å². The van der Waals surface area contributed by atoms with Gasteiger partial charge >= 0.3 is 6.09 Å². The van der Waals surface area contributed by atoms with Crippen LogP contribution < -0.4 is 15.4 Å². The minimum Gasteiger partial charge on any atom is -0.494 e. The van der Waals surface area contributed by atoms with Crippen molar-refractivity contribution in [3.63, 3.8) is 0 Å². The first-order valence-corrected chi connectivity index (χ1v) is 8.71. The number of aliphatic hydroxyl groups excluding tert-OH is 1. The van der Waals surface area contributed by atoms with Crippen LogP contribution in [-0.4, -0.2) is 43.6 Å². The van der Waals surface area contributed by atoms with Gasteiger partial charge in [0.1, 0.15) is 18.5 Å². The molecule has 0 heterocycles. The predicted molar refractivity (Wildman–Crippen MR) is 103 cm³/mol. The lowest BCUT2D eigenvalue weighted by molar-refractivity contribution is 0.0751. The molecule has 0 aliphatic rings. The van der Waals surface area contributed by atoms with Crippen molar-refractivity contribution in [3.05, 3.63) is 24.3 Å². The SMILES string of the molecule is CCCCCOc1cccc(NC(=O)OCC(O)CNCCC)c1.Cl. The lowest BCUT2D eigenvalue weighted by atomic mass is 10.2. The van der Waals surface area contributed by atoms with E-state index in [0.717, 1.165) is 32.2 Å². The molecule has 7 heteroatoms. The molecule has 144 valence electrons. The minimum absolute atomic E-state index is 0.